The third-order valence-electron chi connectivity index (χ3n) is 4.20. The van der Waals surface area contributed by atoms with Gasteiger partial charge in [0, 0.05) is 11.6 Å². The first-order valence-corrected chi connectivity index (χ1v) is 9.63. The number of hydrogen-bond donors (Lipinski definition) is 0. The average molecular weight is 380 g/mol. The van der Waals surface area contributed by atoms with E-state index in [0.29, 0.717) is 18.4 Å². The molecule has 0 atom stereocenters. The van der Waals surface area contributed by atoms with Gasteiger partial charge in [-0.1, -0.05) is 18.3 Å². The summed E-state index contributed by atoms with van der Waals surface area (Å²) in [5.41, 5.74) is 5.60. The van der Waals surface area contributed by atoms with Crippen molar-refractivity contribution in [2.75, 3.05) is 13.7 Å². The molecule has 0 saturated carbocycles. The van der Waals surface area contributed by atoms with E-state index in [-0.39, 0.29) is 0 Å². The Labute approximate surface area is 161 Å². The van der Waals surface area contributed by atoms with E-state index in [2.05, 4.69) is 27.9 Å². The lowest BCUT2D eigenvalue weighted by Crippen LogP contribution is -1.97. The Bertz CT molecular complexity index is 1140. The smallest absolute Gasteiger partial charge is 0.232 e. The van der Waals surface area contributed by atoms with Crippen LogP contribution >= 0.6 is 11.3 Å². The number of hydrogen-bond acceptors (Lipinski definition) is 7. The van der Waals surface area contributed by atoms with Crippen molar-refractivity contribution in [3.05, 3.63) is 35.5 Å². The molecule has 4 aromatic rings. The molecule has 0 amide bonds. The van der Waals surface area contributed by atoms with Crippen LogP contribution < -0.4 is 9.47 Å². The lowest BCUT2D eigenvalue weighted by molar-refractivity contribution is 0.306. The minimum atomic E-state index is 0.499. The van der Waals surface area contributed by atoms with Crippen LogP contribution in [-0.4, -0.2) is 33.7 Å². The molecule has 0 radical (unpaired) electrons. The van der Waals surface area contributed by atoms with Gasteiger partial charge in [-0.2, -0.15) is 0 Å². The fourth-order valence-corrected chi connectivity index (χ4v) is 3.96. The predicted molar refractivity (Wildman–Crippen MR) is 108 cm³/mol. The predicted octanol–water partition coefficient (Wildman–Crippen LogP) is 4.72. The number of rotatable bonds is 5. The second-order valence-electron chi connectivity index (χ2n) is 6.39. The van der Waals surface area contributed by atoms with Crippen LogP contribution in [0.4, 0.5) is 0 Å². The number of benzene rings is 1. The molecule has 0 spiro atoms. The fourth-order valence-electron chi connectivity index (χ4n) is 2.94. The van der Waals surface area contributed by atoms with Crippen molar-refractivity contribution in [3.8, 4) is 22.3 Å². The minimum Gasteiger partial charge on any atom is -0.480 e. The average Bonchev–Trinajstić information content (AvgIpc) is 3.09. The van der Waals surface area contributed by atoms with Crippen molar-refractivity contribution in [2.45, 2.75) is 27.2 Å². The van der Waals surface area contributed by atoms with Crippen LogP contribution in [-0.2, 0) is 0 Å². The summed E-state index contributed by atoms with van der Waals surface area (Å²) in [7, 11) is 1.59. The maximum Gasteiger partial charge on any atom is 0.232 e. The maximum atomic E-state index is 5.71. The van der Waals surface area contributed by atoms with E-state index in [1.165, 1.54) is 0 Å². The van der Waals surface area contributed by atoms with E-state index in [1.54, 1.807) is 24.6 Å². The summed E-state index contributed by atoms with van der Waals surface area (Å²) in [6.07, 6.45) is 2.58. The van der Waals surface area contributed by atoms with Gasteiger partial charge in [0.2, 0.25) is 11.8 Å². The van der Waals surface area contributed by atoms with Gasteiger partial charge in [0.15, 0.2) is 0 Å². The zero-order valence-corrected chi connectivity index (χ0v) is 16.6. The number of aryl methyl sites for hydroxylation is 2. The SMILES string of the molecule is CCCOc1cc(C)c2nc(-c3cc(C)cc4nc(OC)cnc34)sc2n1. The highest BCUT2D eigenvalue weighted by Crippen LogP contribution is 2.35. The summed E-state index contributed by atoms with van der Waals surface area (Å²) in [5.74, 6) is 1.15. The molecule has 3 heterocycles. The van der Waals surface area contributed by atoms with Crippen molar-refractivity contribution in [1.29, 1.82) is 0 Å². The Balaban J connectivity index is 1.88. The molecule has 6 nitrogen and oxygen atoms in total. The molecule has 0 saturated heterocycles. The number of aromatic nitrogens is 4. The Morgan fingerprint density at radius 1 is 1.00 bits per heavy atom. The van der Waals surface area contributed by atoms with Crippen LogP contribution in [0.25, 0.3) is 32.0 Å². The Kier molecular flexibility index (Phi) is 4.61. The topological polar surface area (TPSA) is 70.0 Å². The van der Waals surface area contributed by atoms with E-state index >= 15 is 0 Å². The van der Waals surface area contributed by atoms with E-state index in [4.69, 9.17) is 14.5 Å². The van der Waals surface area contributed by atoms with Gasteiger partial charge >= 0.3 is 0 Å². The van der Waals surface area contributed by atoms with Crippen LogP contribution in [0.3, 0.4) is 0 Å². The summed E-state index contributed by atoms with van der Waals surface area (Å²) in [6, 6.07) is 6.04. The van der Waals surface area contributed by atoms with Gasteiger partial charge in [0.05, 0.1) is 30.9 Å². The van der Waals surface area contributed by atoms with Crippen molar-refractivity contribution in [3.63, 3.8) is 0 Å². The van der Waals surface area contributed by atoms with Crippen LogP contribution in [0.2, 0.25) is 0 Å². The standard InChI is InChI=1S/C20H20N4O2S/c1-5-6-26-15-9-12(3)17-20(23-15)27-19(24-17)13-7-11(2)8-14-18(13)21-10-16(22-14)25-4/h7-10H,5-6H2,1-4H3. The van der Waals surface area contributed by atoms with Gasteiger partial charge in [0.1, 0.15) is 15.4 Å². The lowest BCUT2D eigenvalue weighted by Gasteiger charge is -2.06. The quantitative estimate of drug-likeness (QED) is 0.499. The lowest BCUT2D eigenvalue weighted by atomic mass is 10.1. The molecule has 0 aliphatic heterocycles. The molecule has 1 aromatic carbocycles. The number of thiazole rings is 1. The molecule has 0 aliphatic carbocycles. The second kappa shape index (κ2) is 7.08. The van der Waals surface area contributed by atoms with Gasteiger partial charge in [-0.3, -0.25) is 0 Å². The van der Waals surface area contributed by atoms with Gasteiger partial charge in [0.25, 0.3) is 0 Å². The van der Waals surface area contributed by atoms with Gasteiger partial charge in [-0.05, 0) is 43.5 Å². The van der Waals surface area contributed by atoms with Crippen LogP contribution in [0.1, 0.15) is 24.5 Å². The summed E-state index contributed by atoms with van der Waals surface area (Å²) in [5, 5.41) is 0.876. The summed E-state index contributed by atoms with van der Waals surface area (Å²) in [6.45, 7) is 6.81. The highest BCUT2D eigenvalue weighted by Gasteiger charge is 2.16. The first-order valence-electron chi connectivity index (χ1n) is 8.81. The van der Waals surface area contributed by atoms with Crippen LogP contribution in [0.5, 0.6) is 11.8 Å². The van der Waals surface area contributed by atoms with Gasteiger partial charge in [-0.25, -0.2) is 19.9 Å². The number of nitrogens with zero attached hydrogens (tertiary/aromatic N) is 4. The summed E-state index contributed by atoms with van der Waals surface area (Å²) >= 11 is 1.54. The number of pyridine rings is 1. The first-order chi connectivity index (χ1) is 13.1. The molecule has 4 rings (SSSR count). The van der Waals surface area contributed by atoms with Crippen LogP contribution in [0, 0.1) is 13.8 Å². The first kappa shape index (κ1) is 17.6. The zero-order valence-electron chi connectivity index (χ0n) is 15.7. The van der Waals surface area contributed by atoms with Gasteiger partial charge < -0.3 is 9.47 Å². The largest absolute Gasteiger partial charge is 0.480 e. The summed E-state index contributed by atoms with van der Waals surface area (Å²) in [4.78, 5) is 19.4. The van der Waals surface area contributed by atoms with Crippen LogP contribution in [0.15, 0.2) is 24.4 Å². The highest BCUT2D eigenvalue weighted by molar-refractivity contribution is 7.21. The van der Waals surface area contributed by atoms with Crippen molar-refractivity contribution in [2.24, 2.45) is 0 Å². The molecule has 138 valence electrons. The molecule has 0 unspecified atom stereocenters. The van der Waals surface area contributed by atoms with E-state index < -0.39 is 0 Å². The number of ether oxygens (including phenoxy) is 2. The minimum absolute atomic E-state index is 0.499. The van der Waals surface area contributed by atoms with E-state index in [0.717, 1.165) is 49.5 Å². The highest BCUT2D eigenvalue weighted by atomic mass is 32.1. The molecule has 7 heteroatoms. The third kappa shape index (κ3) is 3.30. The molecule has 27 heavy (non-hydrogen) atoms. The fraction of sp³-hybridized carbons (Fsp3) is 0.300. The Hall–Kier alpha value is -2.80. The molecular formula is C20H20N4O2S. The molecule has 0 aliphatic rings. The monoisotopic (exact) mass is 380 g/mol. The zero-order chi connectivity index (χ0) is 19.0. The van der Waals surface area contributed by atoms with E-state index in [9.17, 15) is 0 Å². The van der Waals surface area contributed by atoms with Crippen molar-refractivity contribution >= 4 is 32.7 Å². The molecule has 0 N–H and O–H groups in total. The summed E-state index contributed by atoms with van der Waals surface area (Å²) < 4.78 is 10.9. The normalized spacial score (nSPS) is 11.3. The van der Waals surface area contributed by atoms with Gasteiger partial charge in [-0.15, -0.1) is 0 Å². The molecule has 0 fully saturated rings. The van der Waals surface area contributed by atoms with E-state index in [1.807, 2.05) is 26.0 Å². The Morgan fingerprint density at radius 3 is 2.63 bits per heavy atom. The maximum absolute atomic E-state index is 5.71. The van der Waals surface area contributed by atoms with Crippen molar-refractivity contribution < 1.29 is 9.47 Å². The second-order valence-corrected chi connectivity index (χ2v) is 7.37. The Morgan fingerprint density at radius 2 is 1.85 bits per heavy atom. The number of fused-ring (bicyclic) bond motifs is 2. The molecular weight excluding hydrogens is 360 g/mol. The molecule has 3 aromatic heterocycles. The number of methoxy groups -OCH3 is 1. The third-order valence-corrected chi connectivity index (χ3v) is 5.18. The van der Waals surface area contributed by atoms with Crippen molar-refractivity contribution in [1.82, 2.24) is 19.9 Å². The molecule has 0 bridgehead atoms.